The zero-order chi connectivity index (χ0) is 13.3. The van der Waals surface area contributed by atoms with Crippen LogP contribution in [-0.4, -0.2) is 22.8 Å². The van der Waals surface area contributed by atoms with Gasteiger partial charge >= 0.3 is 11.7 Å². The molecule has 1 aliphatic rings. The molecule has 0 saturated heterocycles. The van der Waals surface area contributed by atoms with Gasteiger partial charge in [-0.25, -0.2) is 0 Å². The van der Waals surface area contributed by atoms with Crippen molar-refractivity contribution in [1.29, 1.82) is 0 Å². The number of nitrogens with zero attached hydrogens (tertiary/aromatic N) is 1. The van der Waals surface area contributed by atoms with Gasteiger partial charge in [0.25, 0.3) is 0 Å². The molecule has 7 heteroatoms. The second-order valence-electron chi connectivity index (χ2n) is 4.05. The molecule has 1 N–H and O–H groups in total. The second kappa shape index (κ2) is 4.52. The Kier molecular flexibility index (Phi) is 3.05. The number of nitro groups is 1. The Morgan fingerprint density at radius 1 is 1.56 bits per heavy atom. The summed E-state index contributed by atoms with van der Waals surface area (Å²) in [7, 11) is 0. The van der Waals surface area contributed by atoms with Gasteiger partial charge in [-0.1, -0.05) is 6.92 Å². The fourth-order valence-corrected chi connectivity index (χ4v) is 1.74. The van der Waals surface area contributed by atoms with Gasteiger partial charge in [-0.05, 0) is 18.1 Å². The predicted octanol–water partition coefficient (Wildman–Crippen LogP) is 1.59. The lowest BCUT2D eigenvalue weighted by Gasteiger charge is -2.07. The van der Waals surface area contributed by atoms with Crippen molar-refractivity contribution in [3.63, 3.8) is 0 Å². The highest BCUT2D eigenvalue weighted by molar-refractivity contribution is 5.70. The van der Waals surface area contributed by atoms with E-state index in [0.717, 1.165) is 0 Å². The monoisotopic (exact) mass is 253 g/mol. The maximum atomic E-state index is 10.9. The van der Waals surface area contributed by atoms with Crippen LogP contribution in [0.1, 0.15) is 12.5 Å². The lowest BCUT2D eigenvalue weighted by atomic mass is 10.0. The molecule has 1 aliphatic heterocycles. The molecule has 0 radical (unpaired) electrons. The molecule has 2 rings (SSSR count). The van der Waals surface area contributed by atoms with E-state index in [1.807, 2.05) is 0 Å². The maximum Gasteiger partial charge on any atom is 0.315 e. The summed E-state index contributed by atoms with van der Waals surface area (Å²) in [4.78, 5) is 21.1. The van der Waals surface area contributed by atoms with Crippen LogP contribution in [-0.2, 0) is 11.2 Å². The van der Waals surface area contributed by atoms with Crippen molar-refractivity contribution in [2.45, 2.75) is 13.3 Å². The van der Waals surface area contributed by atoms with Crippen molar-refractivity contribution in [3.05, 3.63) is 27.8 Å². The lowest BCUT2D eigenvalue weighted by molar-refractivity contribution is -0.385. The Morgan fingerprint density at radius 3 is 2.89 bits per heavy atom. The fourth-order valence-electron chi connectivity index (χ4n) is 1.74. The zero-order valence-electron chi connectivity index (χ0n) is 9.58. The van der Waals surface area contributed by atoms with E-state index in [2.05, 4.69) is 0 Å². The molecule has 1 unspecified atom stereocenters. The highest BCUT2D eigenvalue weighted by Crippen LogP contribution is 2.41. The molecule has 0 aliphatic carbocycles. The number of nitro benzene ring substituents is 1. The van der Waals surface area contributed by atoms with Gasteiger partial charge in [-0.3, -0.25) is 14.9 Å². The number of carboxylic acid groups (broad SMARTS) is 1. The second-order valence-corrected chi connectivity index (χ2v) is 4.05. The van der Waals surface area contributed by atoms with Crippen molar-refractivity contribution in [1.82, 2.24) is 0 Å². The van der Waals surface area contributed by atoms with E-state index < -0.39 is 16.8 Å². The number of rotatable bonds is 4. The molecule has 96 valence electrons. The van der Waals surface area contributed by atoms with Crippen LogP contribution in [0.4, 0.5) is 5.69 Å². The molecule has 0 aromatic heterocycles. The molecular weight excluding hydrogens is 242 g/mol. The summed E-state index contributed by atoms with van der Waals surface area (Å²) in [5.74, 6) is -1.18. The number of ether oxygens (including phenoxy) is 2. The fraction of sp³-hybridized carbons (Fsp3) is 0.364. The average molecular weight is 253 g/mol. The van der Waals surface area contributed by atoms with Crippen LogP contribution in [0.25, 0.3) is 0 Å². The first-order chi connectivity index (χ1) is 8.49. The zero-order valence-corrected chi connectivity index (χ0v) is 9.58. The quantitative estimate of drug-likeness (QED) is 0.646. The number of benzene rings is 1. The third kappa shape index (κ3) is 2.20. The molecular formula is C11H11NO6. The van der Waals surface area contributed by atoms with Crippen molar-refractivity contribution in [2.24, 2.45) is 5.92 Å². The van der Waals surface area contributed by atoms with Gasteiger partial charge in [0.05, 0.1) is 10.8 Å². The summed E-state index contributed by atoms with van der Waals surface area (Å²) < 4.78 is 10.1. The van der Waals surface area contributed by atoms with E-state index in [1.165, 1.54) is 6.07 Å². The molecule has 1 aromatic carbocycles. The smallest absolute Gasteiger partial charge is 0.315 e. The summed E-state index contributed by atoms with van der Waals surface area (Å²) in [6, 6.07) is 2.90. The first-order valence-corrected chi connectivity index (χ1v) is 5.28. The van der Waals surface area contributed by atoms with Gasteiger partial charge < -0.3 is 14.6 Å². The maximum absolute atomic E-state index is 10.9. The van der Waals surface area contributed by atoms with Gasteiger partial charge in [0, 0.05) is 6.07 Å². The first-order valence-electron chi connectivity index (χ1n) is 5.28. The van der Waals surface area contributed by atoms with E-state index in [4.69, 9.17) is 14.6 Å². The topological polar surface area (TPSA) is 98.9 Å². The van der Waals surface area contributed by atoms with Gasteiger partial charge in [0.15, 0.2) is 5.75 Å². The van der Waals surface area contributed by atoms with E-state index >= 15 is 0 Å². The van der Waals surface area contributed by atoms with Crippen LogP contribution in [0.2, 0.25) is 0 Å². The standard InChI is InChI=1S/C11H11NO6/c1-6(11(13)14)2-7-3-8(12(15)16)10-9(4-7)17-5-18-10/h3-4,6H,2,5H2,1H3,(H,13,14). The molecule has 0 bridgehead atoms. The molecule has 0 saturated carbocycles. The molecule has 0 spiro atoms. The first kappa shape index (κ1) is 12.2. The Morgan fingerprint density at radius 2 is 2.28 bits per heavy atom. The third-order valence-corrected chi connectivity index (χ3v) is 2.67. The van der Waals surface area contributed by atoms with Crippen molar-refractivity contribution < 1.29 is 24.3 Å². The summed E-state index contributed by atoms with van der Waals surface area (Å²) in [6.45, 7) is 1.48. The minimum absolute atomic E-state index is 0.0614. The van der Waals surface area contributed by atoms with Gasteiger partial charge in [-0.15, -0.1) is 0 Å². The minimum Gasteiger partial charge on any atom is -0.481 e. The van der Waals surface area contributed by atoms with Gasteiger partial charge in [0.1, 0.15) is 0 Å². The number of carbonyl (C=O) groups is 1. The SMILES string of the molecule is CC(Cc1cc2c(c([N+](=O)[O-])c1)OCO2)C(=O)O. The van der Waals surface area contributed by atoms with E-state index in [9.17, 15) is 14.9 Å². The highest BCUT2D eigenvalue weighted by Gasteiger charge is 2.27. The molecule has 0 amide bonds. The predicted molar refractivity (Wildman–Crippen MR) is 59.7 cm³/mol. The molecule has 0 fully saturated rings. The van der Waals surface area contributed by atoms with Crippen LogP contribution in [0, 0.1) is 16.0 Å². The number of aliphatic carboxylic acids is 1. The van der Waals surface area contributed by atoms with E-state index in [-0.39, 0.29) is 30.4 Å². The normalized spacial score (nSPS) is 14.3. The molecule has 1 heterocycles. The van der Waals surface area contributed by atoms with Crippen LogP contribution >= 0.6 is 0 Å². The largest absolute Gasteiger partial charge is 0.481 e. The van der Waals surface area contributed by atoms with E-state index in [0.29, 0.717) is 5.56 Å². The third-order valence-electron chi connectivity index (χ3n) is 2.67. The Hall–Kier alpha value is -2.31. The van der Waals surface area contributed by atoms with Crippen LogP contribution < -0.4 is 9.47 Å². The summed E-state index contributed by atoms with van der Waals surface area (Å²) >= 11 is 0. The number of carboxylic acids is 1. The Labute approximate surface area is 102 Å². The number of hydrogen-bond acceptors (Lipinski definition) is 5. The molecule has 1 aromatic rings. The molecule has 7 nitrogen and oxygen atoms in total. The van der Waals surface area contributed by atoms with Crippen LogP contribution in [0.15, 0.2) is 12.1 Å². The van der Waals surface area contributed by atoms with Crippen LogP contribution in [0.5, 0.6) is 11.5 Å². The number of hydrogen-bond donors (Lipinski definition) is 1. The summed E-state index contributed by atoms with van der Waals surface area (Å²) in [5.41, 5.74) is 0.346. The van der Waals surface area contributed by atoms with E-state index in [1.54, 1.807) is 13.0 Å². The summed E-state index contributed by atoms with van der Waals surface area (Å²) in [6.07, 6.45) is 0.201. The number of fused-ring (bicyclic) bond motifs is 1. The average Bonchev–Trinajstić information content (AvgIpc) is 2.75. The Balaban J connectivity index is 2.36. The van der Waals surface area contributed by atoms with Crippen molar-refractivity contribution in [3.8, 4) is 11.5 Å². The van der Waals surface area contributed by atoms with Crippen molar-refractivity contribution >= 4 is 11.7 Å². The Bertz CT molecular complexity index is 513. The van der Waals surface area contributed by atoms with Crippen LogP contribution in [0.3, 0.4) is 0 Å². The summed E-state index contributed by atoms with van der Waals surface area (Å²) in [5, 5.41) is 19.7. The van der Waals surface area contributed by atoms with Gasteiger partial charge in [-0.2, -0.15) is 0 Å². The molecule has 18 heavy (non-hydrogen) atoms. The minimum atomic E-state index is -0.949. The van der Waals surface area contributed by atoms with Crippen molar-refractivity contribution in [2.75, 3.05) is 6.79 Å². The lowest BCUT2D eigenvalue weighted by Crippen LogP contribution is -2.12. The highest BCUT2D eigenvalue weighted by atomic mass is 16.7. The van der Waals surface area contributed by atoms with Gasteiger partial charge in [0.2, 0.25) is 12.5 Å². The molecule has 1 atom stereocenters.